The van der Waals surface area contributed by atoms with Crippen LogP contribution in [0.4, 0.5) is 0 Å². The Kier molecular flexibility index (Phi) is 12.7. The molecule has 0 unspecified atom stereocenters. The van der Waals surface area contributed by atoms with E-state index in [0.29, 0.717) is 34.2 Å². The Morgan fingerprint density at radius 3 is 0.964 bits per heavy atom. The van der Waals surface area contributed by atoms with Crippen LogP contribution >= 0.6 is 0 Å². The molecule has 278 valence electrons. The third-order valence-electron chi connectivity index (χ3n) is 8.25. The molecule has 0 N–H and O–H groups in total. The summed E-state index contributed by atoms with van der Waals surface area (Å²) in [5.41, 5.74) is 4.80. The van der Waals surface area contributed by atoms with Gasteiger partial charge in [-0.1, -0.05) is 18.2 Å². The molecule has 55 heavy (non-hydrogen) atoms. The van der Waals surface area contributed by atoms with Gasteiger partial charge in [0.2, 0.25) is 0 Å². The maximum atomic E-state index is 13.1. The highest BCUT2D eigenvalue weighted by atomic mass is 16.6. The van der Waals surface area contributed by atoms with Gasteiger partial charge in [-0.2, -0.15) is 0 Å². The minimum absolute atomic E-state index is 0.246. The predicted octanol–water partition coefficient (Wildman–Crippen LogP) is 6.40. The molecule has 0 spiro atoms. The fraction of sp³-hybridized carbons (Fsp3) is 0.214. The van der Waals surface area contributed by atoms with Gasteiger partial charge in [-0.25, -0.2) is 14.4 Å². The lowest BCUT2D eigenvalue weighted by Gasteiger charge is -2.30. The van der Waals surface area contributed by atoms with Crippen molar-refractivity contribution in [2.75, 3.05) is 19.6 Å². The molecule has 0 aliphatic heterocycles. The van der Waals surface area contributed by atoms with E-state index in [-0.39, 0.29) is 36.3 Å². The number of pyridine rings is 6. The van der Waals surface area contributed by atoms with Gasteiger partial charge >= 0.3 is 17.9 Å². The van der Waals surface area contributed by atoms with Gasteiger partial charge in [0.25, 0.3) is 0 Å². The summed E-state index contributed by atoms with van der Waals surface area (Å²) in [6, 6.07) is 26.6. The molecule has 6 aromatic heterocycles. The number of esters is 3. The predicted molar refractivity (Wildman–Crippen MR) is 203 cm³/mol. The summed E-state index contributed by atoms with van der Waals surface area (Å²) in [7, 11) is 0. The van der Waals surface area contributed by atoms with Crippen molar-refractivity contribution in [2.45, 2.75) is 39.1 Å². The summed E-state index contributed by atoms with van der Waals surface area (Å²) in [4.78, 5) is 67.3. The fourth-order valence-corrected chi connectivity index (χ4v) is 5.72. The van der Waals surface area contributed by atoms with Crippen molar-refractivity contribution >= 4 is 17.9 Å². The quantitative estimate of drug-likeness (QED) is 0.0843. The van der Waals surface area contributed by atoms with E-state index in [1.165, 1.54) is 18.6 Å². The Hall–Kier alpha value is -6.73. The second-order valence-corrected chi connectivity index (χ2v) is 12.8. The topological polar surface area (TPSA) is 159 Å². The summed E-state index contributed by atoms with van der Waals surface area (Å²) < 4.78 is 17.4. The number of nitrogens with zero attached hydrogens (tertiary/aromatic N) is 7. The first-order valence-electron chi connectivity index (χ1n) is 17.7. The van der Waals surface area contributed by atoms with E-state index in [9.17, 15) is 14.4 Å². The zero-order valence-electron chi connectivity index (χ0n) is 30.6. The molecule has 6 heterocycles. The largest absolute Gasteiger partial charge is 0.458 e. The zero-order valence-corrected chi connectivity index (χ0v) is 30.6. The highest BCUT2D eigenvalue weighted by Gasteiger charge is 2.24. The number of aromatic nitrogens is 6. The Balaban J connectivity index is 1.09. The summed E-state index contributed by atoms with van der Waals surface area (Å²) in [5, 5.41) is 0. The van der Waals surface area contributed by atoms with E-state index in [1.54, 1.807) is 75.8 Å². The number of ether oxygens (including phenoxy) is 3. The van der Waals surface area contributed by atoms with E-state index in [4.69, 9.17) is 14.2 Å². The first-order valence-corrected chi connectivity index (χ1v) is 17.7. The van der Waals surface area contributed by atoms with E-state index >= 15 is 0 Å². The third kappa shape index (κ3) is 10.7. The molecule has 0 fully saturated rings. The van der Waals surface area contributed by atoms with Crippen LogP contribution < -0.4 is 0 Å². The lowest BCUT2D eigenvalue weighted by atomic mass is 10.2. The average Bonchev–Trinajstić information content (AvgIpc) is 3.21. The van der Waals surface area contributed by atoms with E-state index in [1.807, 2.05) is 59.5 Å². The van der Waals surface area contributed by atoms with Crippen LogP contribution in [0, 0.1) is 0 Å². The Morgan fingerprint density at radius 2 is 0.727 bits per heavy atom. The smallest absolute Gasteiger partial charge is 0.340 e. The maximum Gasteiger partial charge on any atom is 0.340 e. The Bertz CT molecular complexity index is 1910. The van der Waals surface area contributed by atoms with Crippen LogP contribution in [0.1, 0.15) is 51.8 Å². The van der Waals surface area contributed by atoms with Crippen molar-refractivity contribution in [3.63, 3.8) is 0 Å². The molecule has 13 heteroatoms. The van der Waals surface area contributed by atoms with Gasteiger partial charge in [0.1, 0.15) is 18.3 Å². The number of hydrogen-bond donors (Lipinski definition) is 0. The summed E-state index contributed by atoms with van der Waals surface area (Å²) in [6.07, 6.45) is 7.59. The normalized spacial score (nSPS) is 12.7. The van der Waals surface area contributed by atoms with Crippen molar-refractivity contribution in [1.82, 2.24) is 34.8 Å². The molecule has 0 aliphatic carbocycles. The number of rotatable bonds is 15. The van der Waals surface area contributed by atoms with Crippen LogP contribution in [0.25, 0.3) is 34.2 Å². The lowest BCUT2D eigenvalue weighted by Crippen LogP contribution is -2.43. The van der Waals surface area contributed by atoms with Gasteiger partial charge < -0.3 is 14.2 Å². The lowest BCUT2D eigenvalue weighted by molar-refractivity contribution is -0.00252. The molecule has 0 aromatic carbocycles. The van der Waals surface area contributed by atoms with Gasteiger partial charge in [-0.15, -0.1) is 0 Å². The third-order valence-corrected chi connectivity index (χ3v) is 8.25. The highest BCUT2D eigenvalue weighted by molar-refractivity contribution is 5.90. The molecule has 6 rings (SSSR count). The van der Waals surface area contributed by atoms with Crippen molar-refractivity contribution < 1.29 is 28.6 Å². The SMILES string of the molecule is C[C@@H](CN(C[C@H](C)OC(=O)c1ccc(-c2ccccn2)nc1)C[C@H](C)OC(=O)c1ccc(-c2ccccn2)nc1)OC(=O)c1ccc(-c2ccccn2)nc1. The van der Waals surface area contributed by atoms with Crippen LogP contribution in [0.3, 0.4) is 0 Å². The first kappa shape index (κ1) is 38.0. The molecule has 3 atom stereocenters. The van der Waals surface area contributed by atoms with Gasteiger partial charge in [0.05, 0.1) is 50.9 Å². The molecular weight excluding hydrogens is 699 g/mol. The molecule has 0 radical (unpaired) electrons. The van der Waals surface area contributed by atoms with Crippen LogP contribution in [-0.4, -0.2) is 90.7 Å². The first-order chi connectivity index (χ1) is 26.7. The van der Waals surface area contributed by atoms with Crippen LogP contribution in [0.15, 0.2) is 128 Å². The van der Waals surface area contributed by atoms with Crippen molar-refractivity contribution in [1.29, 1.82) is 0 Å². The standard InChI is InChI=1S/C42H39N7O6/c1-28(53-40(50)31-13-16-37(46-22-31)34-10-4-7-19-43-34)25-49(26-29(2)54-41(51)32-14-17-38(47-23-32)35-11-5-8-20-44-35)27-30(3)55-42(52)33-15-18-39(48-24-33)36-12-6-9-21-45-36/h4-24,28-30H,25-27H2,1-3H3/t28-,29-,30-/m0/s1. The summed E-state index contributed by atoms with van der Waals surface area (Å²) in [5.74, 6) is -1.64. The van der Waals surface area contributed by atoms with E-state index in [0.717, 1.165) is 0 Å². The Morgan fingerprint density at radius 1 is 0.436 bits per heavy atom. The van der Waals surface area contributed by atoms with Crippen molar-refractivity contribution in [2.24, 2.45) is 0 Å². The van der Waals surface area contributed by atoms with Crippen molar-refractivity contribution in [3.05, 3.63) is 145 Å². The Labute approximate surface area is 318 Å². The van der Waals surface area contributed by atoms with Crippen molar-refractivity contribution in [3.8, 4) is 34.2 Å². The zero-order chi connectivity index (χ0) is 38.6. The highest BCUT2D eigenvalue weighted by Crippen LogP contribution is 2.18. The second kappa shape index (κ2) is 18.3. The number of carbonyl (C=O) groups excluding carboxylic acids is 3. The summed E-state index contributed by atoms with van der Waals surface area (Å²) >= 11 is 0. The molecule has 0 aliphatic rings. The number of hydrogen-bond acceptors (Lipinski definition) is 13. The van der Waals surface area contributed by atoms with E-state index in [2.05, 4.69) is 29.9 Å². The van der Waals surface area contributed by atoms with Crippen LogP contribution in [-0.2, 0) is 14.2 Å². The molecule has 0 saturated carbocycles. The molecular formula is C42H39N7O6. The minimum atomic E-state index is -0.597. The summed E-state index contributed by atoms with van der Waals surface area (Å²) in [6.45, 7) is 6.02. The number of carbonyl (C=O) groups is 3. The van der Waals surface area contributed by atoms with Gasteiger partial charge in [0, 0.05) is 56.8 Å². The molecule has 0 saturated heterocycles. The average molecular weight is 738 g/mol. The van der Waals surface area contributed by atoms with Gasteiger partial charge in [0.15, 0.2) is 0 Å². The molecule has 13 nitrogen and oxygen atoms in total. The van der Waals surface area contributed by atoms with Crippen LogP contribution in [0.2, 0.25) is 0 Å². The monoisotopic (exact) mass is 737 g/mol. The van der Waals surface area contributed by atoms with Crippen LogP contribution in [0.5, 0.6) is 0 Å². The van der Waals surface area contributed by atoms with Gasteiger partial charge in [-0.3, -0.25) is 34.8 Å². The minimum Gasteiger partial charge on any atom is -0.458 e. The maximum absolute atomic E-state index is 13.1. The molecule has 0 bridgehead atoms. The fourth-order valence-electron chi connectivity index (χ4n) is 5.72. The van der Waals surface area contributed by atoms with E-state index < -0.39 is 36.2 Å². The molecule has 0 amide bonds. The second-order valence-electron chi connectivity index (χ2n) is 12.8. The molecule has 6 aromatic rings. The van der Waals surface area contributed by atoms with Gasteiger partial charge in [-0.05, 0) is 93.6 Å².